The molecule has 0 saturated heterocycles. The van der Waals surface area contributed by atoms with E-state index in [1.807, 2.05) is 37.3 Å². The van der Waals surface area contributed by atoms with Crippen LogP contribution in [0.1, 0.15) is 38.2 Å². The highest BCUT2D eigenvalue weighted by Crippen LogP contribution is 2.16. The highest BCUT2D eigenvalue weighted by Gasteiger charge is 2.15. The lowest BCUT2D eigenvalue weighted by Gasteiger charge is -2.11. The van der Waals surface area contributed by atoms with E-state index in [1.54, 1.807) is 0 Å². The molecular formula is C13H22O2Si. The molecule has 0 aromatic heterocycles. The molecule has 0 bridgehead atoms. The minimum absolute atomic E-state index is 0. The van der Waals surface area contributed by atoms with Gasteiger partial charge in [-0.1, -0.05) is 43.7 Å². The van der Waals surface area contributed by atoms with Crippen LogP contribution in [0.2, 0.25) is 0 Å². The van der Waals surface area contributed by atoms with Crippen LogP contribution in [-0.2, 0) is 9.53 Å². The van der Waals surface area contributed by atoms with Gasteiger partial charge in [-0.25, -0.2) is 0 Å². The molecule has 0 aliphatic rings. The van der Waals surface area contributed by atoms with Gasteiger partial charge in [-0.3, -0.25) is 4.79 Å². The van der Waals surface area contributed by atoms with E-state index >= 15 is 0 Å². The molecule has 3 heteroatoms. The first-order chi connectivity index (χ1) is 7.25. The average Bonchev–Trinajstić information content (AvgIpc) is 2.29. The topological polar surface area (TPSA) is 26.3 Å². The summed E-state index contributed by atoms with van der Waals surface area (Å²) in [5.74, 6) is -0.294. The molecule has 1 unspecified atom stereocenters. The van der Waals surface area contributed by atoms with Gasteiger partial charge in [0.2, 0.25) is 0 Å². The van der Waals surface area contributed by atoms with Gasteiger partial charge in [-0.05, 0) is 29.9 Å². The Kier molecular flexibility index (Phi) is 7.55. The Morgan fingerprint density at radius 1 is 1.31 bits per heavy atom. The molecule has 0 fully saturated rings. The molecule has 1 aromatic carbocycles. The molecule has 0 radical (unpaired) electrons. The summed E-state index contributed by atoms with van der Waals surface area (Å²) >= 11 is 0. The minimum Gasteiger partial charge on any atom is -0.465 e. The van der Waals surface area contributed by atoms with Gasteiger partial charge in [-0.2, -0.15) is 0 Å². The molecule has 0 N–H and O–H groups in total. The molecule has 0 heterocycles. The minimum atomic E-state index is -0.164. The van der Waals surface area contributed by atoms with Gasteiger partial charge in [0.1, 0.15) is 0 Å². The maximum Gasteiger partial charge on any atom is 0.313 e. The predicted octanol–water partition coefficient (Wildman–Crippen LogP) is 1.68. The van der Waals surface area contributed by atoms with Crippen LogP contribution < -0.4 is 0 Å². The van der Waals surface area contributed by atoms with Crippen molar-refractivity contribution in [3.05, 3.63) is 35.9 Å². The summed E-state index contributed by atoms with van der Waals surface area (Å²) in [6.45, 7) is 4.49. The highest BCUT2D eigenvalue weighted by molar-refractivity contribution is 5.77. The third-order valence-electron chi connectivity index (χ3n) is 2.40. The van der Waals surface area contributed by atoms with Crippen LogP contribution in [0.3, 0.4) is 0 Å². The summed E-state index contributed by atoms with van der Waals surface area (Å²) in [5, 5.41) is 0. The maximum absolute atomic E-state index is 11.6. The third-order valence-corrected chi connectivity index (χ3v) is 2.40. The van der Waals surface area contributed by atoms with E-state index in [4.69, 9.17) is 4.74 Å². The second-order valence-corrected chi connectivity index (χ2v) is 3.65. The van der Waals surface area contributed by atoms with Crippen molar-refractivity contribution in [1.29, 1.82) is 0 Å². The molecule has 0 amide bonds. The van der Waals surface area contributed by atoms with E-state index in [-0.39, 0.29) is 22.9 Å². The number of rotatable bonds is 5. The van der Waals surface area contributed by atoms with Gasteiger partial charge in [0.15, 0.2) is 0 Å². The summed E-state index contributed by atoms with van der Waals surface area (Å²) in [6.07, 6.45) is 1.99. The lowest BCUT2D eigenvalue weighted by Crippen LogP contribution is -2.13. The van der Waals surface area contributed by atoms with Crippen LogP contribution in [0.25, 0.3) is 0 Å². The molecule has 1 aromatic rings. The smallest absolute Gasteiger partial charge is 0.313 e. The number of esters is 1. The summed E-state index contributed by atoms with van der Waals surface area (Å²) in [6, 6.07) is 9.71. The predicted molar refractivity (Wildman–Crippen MR) is 72.1 cm³/mol. The van der Waals surface area contributed by atoms with E-state index in [2.05, 4.69) is 6.92 Å². The second kappa shape index (κ2) is 8.10. The van der Waals surface area contributed by atoms with Crippen molar-refractivity contribution in [3.8, 4) is 0 Å². The summed E-state index contributed by atoms with van der Waals surface area (Å²) < 4.78 is 5.16. The Balaban J connectivity index is 0.00000225. The largest absolute Gasteiger partial charge is 0.465 e. The van der Waals surface area contributed by atoms with Crippen molar-refractivity contribution < 1.29 is 9.53 Å². The SMILES string of the molecule is CCCCOC(=O)C(C)c1ccccc1.[SiH4]. The van der Waals surface area contributed by atoms with Crippen LogP contribution in [-0.4, -0.2) is 23.5 Å². The monoisotopic (exact) mass is 238 g/mol. The number of hydrogen-bond acceptors (Lipinski definition) is 2. The zero-order valence-corrected chi connectivity index (χ0v) is 9.40. The van der Waals surface area contributed by atoms with E-state index in [9.17, 15) is 4.79 Å². The quantitative estimate of drug-likeness (QED) is 0.443. The third kappa shape index (κ3) is 4.62. The van der Waals surface area contributed by atoms with Crippen molar-refractivity contribution in [2.24, 2.45) is 0 Å². The van der Waals surface area contributed by atoms with Crippen molar-refractivity contribution in [1.82, 2.24) is 0 Å². The van der Waals surface area contributed by atoms with Crippen LogP contribution in [0.5, 0.6) is 0 Å². The Hall–Kier alpha value is -1.09. The van der Waals surface area contributed by atoms with E-state index < -0.39 is 0 Å². The van der Waals surface area contributed by atoms with Gasteiger partial charge in [0.05, 0.1) is 12.5 Å². The van der Waals surface area contributed by atoms with Gasteiger partial charge in [0.25, 0.3) is 0 Å². The molecule has 1 rings (SSSR count). The summed E-state index contributed by atoms with van der Waals surface area (Å²) in [5.41, 5.74) is 1.01. The van der Waals surface area contributed by atoms with Gasteiger partial charge in [-0.15, -0.1) is 0 Å². The molecular weight excluding hydrogens is 216 g/mol. The molecule has 0 spiro atoms. The van der Waals surface area contributed by atoms with Crippen molar-refractivity contribution in [3.63, 3.8) is 0 Å². The van der Waals surface area contributed by atoms with E-state index in [0.717, 1.165) is 18.4 Å². The first-order valence-corrected chi connectivity index (χ1v) is 5.47. The Morgan fingerprint density at radius 2 is 1.94 bits per heavy atom. The molecule has 16 heavy (non-hydrogen) atoms. The number of hydrogen-bond donors (Lipinski definition) is 0. The van der Waals surface area contributed by atoms with Gasteiger partial charge in [0, 0.05) is 0 Å². The number of carbonyl (C=O) groups is 1. The fraction of sp³-hybridized carbons (Fsp3) is 0.462. The number of ether oxygens (including phenoxy) is 1. The average molecular weight is 238 g/mol. The lowest BCUT2D eigenvalue weighted by molar-refractivity contribution is -0.145. The molecule has 90 valence electrons. The van der Waals surface area contributed by atoms with Crippen molar-refractivity contribution in [2.45, 2.75) is 32.6 Å². The van der Waals surface area contributed by atoms with E-state index in [0.29, 0.717) is 6.61 Å². The molecule has 2 nitrogen and oxygen atoms in total. The summed E-state index contributed by atoms with van der Waals surface area (Å²) in [4.78, 5) is 11.6. The van der Waals surface area contributed by atoms with Gasteiger partial charge < -0.3 is 4.74 Å². The van der Waals surface area contributed by atoms with E-state index in [1.165, 1.54) is 0 Å². The fourth-order valence-corrected chi connectivity index (χ4v) is 1.32. The number of carbonyl (C=O) groups excluding carboxylic acids is 1. The normalized spacial score (nSPS) is 11.4. The van der Waals surface area contributed by atoms with Crippen molar-refractivity contribution in [2.75, 3.05) is 6.61 Å². The fourth-order valence-electron chi connectivity index (χ4n) is 1.32. The molecule has 0 aliphatic carbocycles. The summed E-state index contributed by atoms with van der Waals surface area (Å²) in [7, 11) is 0. The molecule has 0 aliphatic heterocycles. The number of unbranched alkanes of at least 4 members (excludes halogenated alkanes) is 1. The van der Waals surface area contributed by atoms with Gasteiger partial charge >= 0.3 is 5.97 Å². The van der Waals surface area contributed by atoms with Crippen LogP contribution in [0.4, 0.5) is 0 Å². The Morgan fingerprint density at radius 3 is 2.50 bits per heavy atom. The Labute approximate surface area is 102 Å². The zero-order chi connectivity index (χ0) is 11.1. The van der Waals surface area contributed by atoms with Crippen LogP contribution in [0, 0.1) is 0 Å². The second-order valence-electron chi connectivity index (χ2n) is 3.65. The maximum atomic E-state index is 11.6. The van der Waals surface area contributed by atoms with Crippen LogP contribution >= 0.6 is 0 Å². The first-order valence-electron chi connectivity index (χ1n) is 5.47. The molecule has 0 saturated carbocycles. The Bertz CT molecular complexity index is 298. The van der Waals surface area contributed by atoms with Crippen LogP contribution in [0.15, 0.2) is 30.3 Å². The standard InChI is InChI=1S/C13H18O2.H4Si/c1-3-4-10-15-13(14)11(2)12-8-6-5-7-9-12;/h5-9,11H,3-4,10H2,1-2H3;1H4. The lowest BCUT2D eigenvalue weighted by atomic mass is 10.0. The zero-order valence-electron chi connectivity index (χ0n) is 9.40. The molecule has 1 atom stereocenters. The number of benzene rings is 1. The van der Waals surface area contributed by atoms with Crippen molar-refractivity contribution >= 4 is 16.9 Å². The first kappa shape index (κ1) is 14.9. The highest BCUT2D eigenvalue weighted by atomic mass is 28.1.